The third-order valence-electron chi connectivity index (χ3n) is 3.30. The van der Waals surface area contributed by atoms with Gasteiger partial charge in [-0.1, -0.05) is 12.1 Å². The van der Waals surface area contributed by atoms with Crippen LogP contribution in [0.5, 0.6) is 0 Å². The molecule has 3 rings (SSSR count). The van der Waals surface area contributed by atoms with Gasteiger partial charge in [-0.2, -0.15) is 4.98 Å². The van der Waals surface area contributed by atoms with E-state index in [2.05, 4.69) is 27.2 Å². The van der Waals surface area contributed by atoms with Crippen LogP contribution in [0.3, 0.4) is 0 Å². The minimum absolute atomic E-state index is 0. The summed E-state index contributed by atoms with van der Waals surface area (Å²) in [5.74, 6) is 1.01. The van der Waals surface area contributed by atoms with E-state index in [-0.39, 0.29) is 18.1 Å². The monoisotopic (exact) mass is 377 g/mol. The quantitative estimate of drug-likeness (QED) is 0.363. The van der Waals surface area contributed by atoms with Gasteiger partial charge in [0.25, 0.3) is 5.69 Å². The van der Waals surface area contributed by atoms with E-state index in [4.69, 9.17) is 0 Å². The van der Waals surface area contributed by atoms with Gasteiger partial charge < -0.3 is 10.6 Å². The van der Waals surface area contributed by atoms with Crippen LogP contribution in [-0.2, 0) is 6.54 Å². The van der Waals surface area contributed by atoms with Gasteiger partial charge in [-0.25, -0.2) is 4.98 Å². The largest absolute Gasteiger partial charge is 0.366 e. The molecule has 0 saturated carbocycles. The lowest BCUT2D eigenvalue weighted by atomic mass is 10.2. The van der Waals surface area contributed by atoms with E-state index >= 15 is 0 Å². The van der Waals surface area contributed by atoms with Crippen molar-refractivity contribution in [2.24, 2.45) is 0 Å². The second-order valence-corrected chi connectivity index (χ2v) is 5.99. The van der Waals surface area contributed by atoms with Gasteiger partial charge in [0.15, 0.2) is 0 Å². The minimum atomic E-state index is -0.431. The number of non-ortho nitro benzene ring substituents is 1. The lowest BCUT2D eigenvalue weighted by Gasteiger charge is -2.10. The van der Waals surface area contributed by atoms with E-state index in [0.29, 0.717) is 35.8 Å². The summed E-state index contributed by atoms with van der Waals surface area (Å²) in [4.78, 5) is 20.6. The number of nitro groups is 1. The smallest absolute Gasteiger partial charge is 0.270 e. The molecule has 0 bridgehead atoms. The van der Waals surface area contributed by atoms with Crippen molar-refractivity contribution in [2.75, 3.05) is 17.2 Å². The molecule has 0 fully saturated rings. The highest BCUT2D eigenvalue weighted by Crippen LogP contribution is 2.26. The fourth-order valence-corrected chi connectivity index (χ4v) is 2.84. The zero-order chi connectivity index (χ0) is 16.9. The average Bonchev–Trinajstić information content (AvgIpc) is 3.10. The number of nitro benzene ring substituents is 1. The van der Waals surface area contributed by atoms with E-state index in [9.17, 15) is 10.1 Å². The SMILES string of the molecule is C=CCNc1nc(NCc2cccs2)nc2ccc([N+](=O)[O-])cc12.Cl. The van der Waals surface area contributed by atoms with Crippen LogP contribution in [0.1, 0.15) is 4.88 Å². The van der Waals surface area contributed by atoms with Gasteiger partial charge in [0.05, 0.1) is 17.0 Å². The van der Waals surface area contributed by atoms with E-state index in [1.807, 2.05) is 17.5 Å². The molecular weight excluding hydrogens is 362 g/mol. The van der Waals surface area contributed by atoms with Crippen LogP contribution in [0.25, 0.3) is 10.9 Å². The molecule has 1 aromatic carbocycles. The van der Waals surface area contributed by atoms with Gasteiger partial charge in [0.1, 0.15) is 5.82 Å². The van der Waals surface area contributed by atoms with Crippen LogP contribution in [-0.4, -0.2) is 21.4 Å². The number of thiophene rings is 1. The number of nitrogens with zero attached hydrogens (tertiary/aromatic N) is 3. The summed E-state index contributed by atoms with van der Waals surface area (Å²) in [7, 11) is 0. The number of aromatic nitrogens is 2. The molecule has 9 heteroatoms. The van der Waals surface area contributed by atoms with Crippen molar-refractivity contribution in [1.29, 1.82) is 0 Å². The number of nitrogens with one attached hydrogen (secondary N) is 2. The third kappa shape index (κ3) is 4.43. The molecule has 7 nitrogen and oxygen atoms in total. The maximum atomic E-state index is 11.0. The first-order valence-corrected chi connectivity index (χ1v) is 8.12. The number of anilines is 2. The summed E-state index contributed by atoms with van der Waals surface area (Å²) in [6, 6.07) is 8.56. The van der Waals surface area contributed by atoms with E-state index in [1.54, 1.807) is 23.5 Å². The number of rotatable bonds is 7. The van der Waals surface area contributed by atoms with Gasteiger partial charge in [-0.15, -0.1) is 30.3 Å². The first-order chi connectivity index (χ1) is 11.7. The molecule has 0 aliphatic carbocycles. The zero-order valence-corrected chi connectivity index (χ0v) is 14.8. The van der Waals surface area contributed by atoms with Crippen LogP contribution in [0.4, 0.5) is 17.5 Å². The lowest BCUT2D eigenvalue weighted by molar-refractivity contribution is -0.384. The van der Waals surface area contributed by atoms with Crippen molar-refractivity contribution in [3.63, 3.8) is 0 Å². The first-order valence-electron chi connectivity index (χ1n) is 7.24. The Labute approximate surface area is 154 Å². The van der Waals surface area contributed by atoms with E-state index in [0.717, 1.165) is 0 Å². The fraction of sp³-hybridized carbons (Fsp3) is 0.125. The van der Waals surface area contributed by atoms with Crippen LogP contribution in [0.2, 0.25) is 0 Å². The molecule has 2 N–H and O–H groups in total. The number of hydrogen-bond acceptors (Lipinski definition) is 7. The van der Waals surface area contributed by atoms with Crippen LogP contribution in [0.15, 0.2) is 48.4 Å². The molecule has 0 saturated heterocycles. The summed E-state index contributed by atoms with van der Waals surface area (Å²) in [6.45, 7) is 4.79. The Morgan fingerprint density at radius 1 is 1.28 bits per heavy atom. The van der Waals surface area contributed by atoms with Gasteiger partial charge in [-0.3, -0.25) is 10.1 Å². The molecule has 2 heterocycles. The minimum Gasteiger partial charge on any atom is -0.366 e. The molecule has 25 heavy (non-hydrogen) atoms. The van der Waals surface area contributed by atoms with Gasteiger partial charge in [-0.05, 0) is 17.5 Å². The summed E-state index contributed by atoms with van der Waals surface area (Å²) in [5.41, 5.74) is 0.642. The summed E-state index contributed by atoms with van der Waals surface area (Å²) >= 11 is 1.65. The molecule has 2 aromatic heterocycles. The Balaban J connectivity index is 0.00000225. The topological polar surface area (TPSA) is 93.0 Å². The molecule has 0 aliphatic rings. The highest BCUT2D eigenvalue weighted by atomic mass is 35.5. The van der Waals surface area contributed by atoms with Crippen molar-refractivity contribution >= 4 is 52.1 Å². The molecule has 0 amide bonds. The van der Waals surface area contributed by atoms with Gasteiger partial charge in [0, 0.05) is 28.9 Å². The predicted octanol–water partition coefficient (Wildman–Crippen LogP) is 4.23. The molecular formula is C16H16ClN5O2S. The van der Waals surface area contributed by atoms with Gasteiger partial charge >= 0.3 is 0 Å². The fourth-order valence-electron chi connectivity index (χ4n) is 2.19. The number of halogens is 1. The second-order valence-electron chi connectivity index (χ2n) is 4.96. The molecule has 130 valence electrons. The Bertz CT molecular complexity index is 886. The van der Waals surface area contributed by atoms with Crippen LogP contribution >= 0.6 is 23.7 Å². The van der Waals surface area contributed by atoms with Crippen molar-refractivity contribution in [3.8, 4) is 0 Å². The molecule has 0 aliphatic heterocycles. The molecule has 0 unspecified atom stereocenters. The Morgan fingerprint density at radius 2 is 2.12 bits per heavy atom. The van der Waals surface area contributed by atoms with Gasteiger partial charge in [0.2, 0.25) is 5.95 Å². The van der Waals surface area contributed by atoms with E-state index < -0.39 is 4.92 Å². The summed E-state index contributed by atoms with van der Waals surface area (Å²) in [5, 5.41) is 19.9. The number of benzene rings is 1. The van der Waals surface area contributed by atoms with Crippen molar-refractivity contribution in [2.45, 2.75) is 6.54 Å². The molecule has 0 spiro atoms. The van der Waals surface area contributed by atoms with Crippen molar-refractivity contribution < 1.29 is 4.92 Å². The highest BCUT2D eigenvalue weighted by Gasteiger charge is 2.12. The number of hydrogen-bond donors (Lipinski definition) is 2. The Morgan fingerprint density at radius 3 is 2.80 bits per heavy atom. The van der Waals surface area contributed by atoms with Crippen molar-refractivity contribution in [1.82, 2.24) is 9.97 Å². The second kappa shape index (κ2) is 8.41. The normalized spacial score (nSPS) is 10.1. The maximum Gasteiger partial charge on any atom is 0.270 e. The Kier molecular flexibility index (Phi) is 6.26. The van der Waals surface area contributed by atoms with Crippen LogP contribution in [0, 0.1) is 10.1 Å². The predicted molar refractivity (Wildman–Crippen MR) is 104 cm³/mol. The summed E-state index contributed by atoms with van der Waals surface area (Å²) < 4.78 is 0. The van der Waals surface area contributed by atoms with Crippen LogP contribution < -0.4 is 10.6 Å². The van der Waals surface area contributed by atoms with E-state index in [1.165, 1.54) is 17.0 Å². The third-order valence-corrected chi connectivity index (χ3v) is 4.18. The highest BCUT2D eigenvalue weighted by molar-refractivity contribution is 7.09. The zero-order valence-electron chi connectivity index (χ0n) is 13.1. The first kappa shape index (κ1) is 18.6. The molecule has 3 aromatic rings. The maximum absolute atomic E-state index is 11.0. The Hall–Kier alpha value is -2.71. The standard InChI is InChI=1S/C16H15N5O2S.ClH/c1-2-7-17-15-13-9-11(21(22)23)5-6-14(13)19-16(20-15)18-10-12-4-3-8-24-12;/h2-6,8-9H,1,7,10H2,(H2,17,18,19,20);1H. The molecule has 0 radical (unpaired) electrons. The summed E-state index contributed by atoms with van der Waals surface area (Å²) in [6.07, 6.45) is 1.70. The molecule has 0 atom stereocenters. The van der Waals surface area contributed by atoms with Crippen molar-refractivity contribution in [3.05, 3.63) is 63.4 Å². The lowest BCUT2D eigenvalue weighted by Crippen LogP contribution is -2.07. The average molecular weight is 378 g/mol. The number of fused-ring (bicyclic) bond motifs is 1.